The maximum atomic E-state index is 13.1. The number of hydrogen-bond acceptors (Lipinski definition) is 4. The van der Waals surface area contributed by atoms with Gasteiger partial charge in [-0.2, -0.15) is 9.57 Å². The fourth-order valence-electron chi connectivity index (χ4n) is 2.36. The maximum Gasteiger partial charge on any atom is 0.344 e. The second kappa shape index (κ2) is 5.37. The van der Waals surface area contributed by atoms with Gasteiger partial charge in [0.1, 0.15) is 17.3 Å². The predicted octanol–water partition coefficient (Wildman–Crippen LogP) is 2.48. The standard InChI is InChI=1S/C15H10FN3O3S/c16-11-5-7-12(8-6-11)19-15(20)18(10-9-17)13-3-1-2-4-14(13)23(19,21)22/h1-8H,10H2. The van der Waals surface area contributed by atoms with Crippen molar-refractivity contribution in [1.82, 2.24) is 0 Å². The highest BCUT2D eigenvalue weighted by Crippen LogP contribution is 2.36. The van der Waals surface area contributed by atoms with Crippen LogP contribution in [0.5, 0.6) is 0 Å². The zero-order valence-electron chi connectivity index (χ0n) is 11.7. The van der Waals surface area contributed by atoms with E-state index < -0.39 is 21.9 Å². The molecule has 0 spiro atoms. The van der Waals surface area contributed by atoms with Gasteiger partial charge >= 0.3 is 6.03 Å². The molecule has 1 heterocycles. The maximum absolute atomic E-state index is 13.1. The Kier molecular flexibility index (Phi) is 3.50. The minimum absolute atomic E-state index is 0.00819. The number of carbonyl (C=O) groups excluding carboxylic acids is 1. The van der Waals surface area contributed by atoms with E-state index in [1.807, 2.05) is 6.07 Å². The number of rotatable bonds is 2. The SMILES string of the molecule is N#CCN1C(=O)N(c2ccc(F)cc2)S(=O)(=O)c2ccccc21. The molecule has 0 bridgehead atoms. The number of para-hydroxylation sites is 1. The highest BCUT2D eigenvalue weighted by molar-refractivity contribution is 7.94. The normalized spacial score (nSPS) is 15.9. The third-order valence-corrected chi connectivity index (χ3v) is 5.12. The van der Waals surface area contributed by atoms with Crippen LogP contribution in [0.1, 0.15) is 0 Å². The zero-order valence-corrected chi connectivity index (χ0v) is 12.5. The molecule has 3 rings (SSSR count). The van der Waals surface area contributed by atoms with E-state index in [-0.39, 0.29) is 22.8 Å². The highest BCUT2D eigenvalue weighted by atomic mass is 32.2. The summed E-state index contributed by atoms with van der Waals surface area (Å²) in [5, 5.41) is 8.92. The number of urea groups is 1. The number of benzene rings is 2. The van der Waals surface area contributed by atoms with Gasteiger partial charge in [-0.25, -0.2) is 17.6 Å². The first kappa shape index (κ1) is 15.0. The van der Waals surface area contributed by atoms with Gasteiger partial charge in [0.2, 0.25) is 0 Å². The molecule has 0 atom stereocenters. The molecular weight excluding hydrogens is 321 g/mol. The van der Waals surface area contributed by atoms with Crippen molar-refractivity contribution in [3.05, 3.63) is 54.3 Å². The number of nitriles is 1. The van der Waals surface area contributed by atoms with Crippen molar-refractivity contribution in [2.24, 2.45) is 0 Å². The summed E-state index contributed by atoms with van der Waals surface area (Å²) in [6.07, 6.45) is 0. The van der Waals surface area contributed by atoms with Gasteiger partial charge in [-0.15, -0.1) is 0 Å². The van der Waals surface area contributed by atoms with Crippen molar-refractivity contribution in [1.29, 1.82) is 5.26 Å². The van der Waals surface area contributed by atoms with Gasteiger partial charge in [0.05, 0.1) is 17.4 Å². The molecular formula is C15H10FN3O3S. The van der Waals surface area contributed by atoms with Gasteiger partial charge in [-0.3, -0.25) is 4.90 Å². The lowest BCUT2D eigenvalue weighted by Crippen LogP contribution is -2.51. The molecule has 2 amide bonds. The van der Waals surface area contributed by atoms with Crippen LogP contribution in [0.25, 0.3) is 0 Å². The molecule has 0 fully saturated rings. The Morgan fingerprint density at radius 2 is 1.74 bits per heavy atom. The number of hydrogen-bond donors (Lipinski definition) is 0. The Labute approximate surface area is 132 Å². The van der Waals surface area contributed by atoms with E-state index in [0.717, 1.165) is 17.0 Å². The summed E-state index contributed by atoms with van der Waals surface area (Å²) in [4.78, 5) is 13.6. The average Bonchev–Trinajstić information content (AvgIpc) is 2.53. The molecule has 0 unspecified atom stereocenters. The number of sulfonamides is 1. The van der Waals surface area contributed by atoms with E-state index in [4.69, 9.17) is 5.26 Å². The zero-order chi connectivity index (χ0) is 16.6. The fourth-order valence-corrected chi connectivity index (χ4v) is 3.95. The second-order valence-corrected chi connectivity index (χ2v) is 6.50. The van der Waals surface area contributed by atoms with Crippen LogP contribution in [-0.4, -0.2) is 21.0 Å². The molecule has 2 aromatic carbocycles. The topological polar surface area (TPSA) is 81.5 Å². The molecule has 2 aromatic rings. The van der Waals surface area contributed by atoms with Gasteiger partial charge in [-0.1, -0.05) is 12.1 Å². The van der Waals surface area contributed by atoms with Crippen LogP contribution in [0, 0.1) is 17.1 Å². The number of fused-ring (bicyclic) bond motifs is 1. The molecule has 23 heavy (non-hydrogen) atoms. The smallest absolute Gasteiger partial charge is 0.278 e. The van der Waals surface area contributed by atoms with Crippen molar-refractivity contribution in [2.75, 3.05) is 15.7 Å². The van der Waals surface area contributed by atoms with Crippen LogP contribution in [-0.2, 0) is 10.0 Å². The van der Waals surface area contributed by atoms with Crippen LogP contribution >= 0.6 is 0 Å². The molecule has 0 saturated carbocycles. The Morgan fingerprint density at radius 1 is 1.09 bits per heavy atom. The minimum Gasteiger partial charge on any atom is -0.278 e. The minimum atomic E-state index is -4.14. The van der Waals surface area contributed by atoms with Crippen molar-refractivity contribution in [3.63, 3.8) is 0 Å². The van der Waals surface area contributed by atoms with Gasteiger partial charge in [0.15, 0.2) is 0 Å². The second-order valence-electron chi connectivity index (χ2n) is 4.74. The van der Waals surface area contributed by atoms with Crippen LogP contribution in [0.15, 0.2) is 53.4 Å². The van der Waals surface area contributed by atoms with E-state index >= 15 is 0 Å². The van der Waals surface area contributed by atoms with E-state index in [9.17, 15) is 17.6 Å². The largest absolute Gasteiger partial charge is 0.344 e. The summed E-state index contributed by atoms with van der Waals surface area (Å²) in [5.41, 5.74) is 0.159. The van der Waals surface area contributed by atoms with E-state index in [1.54, 1.807) is 6.07 Å². The molecule has 8 heteroatoms. The summed E-state index contributed by atoms with van der Waals surface area (Å²) in [6.45, 7) is -0.303. The third-order valence-electron chi connectivity index (χ3n) is 3.37. The lowest BCUT2D eigenvalue weighted by atomic mass is 10.3. The van der Waals surface area contributed by atoms with Crippen molar-refractivity contribution >= 4 is 27.4 Å². The lowest BCUT2D eigenvalue weighted by Gasteiger charge is -2.34. The monoisotopic (exact) mass is 331 g/mol. The molecule has 0 aliphatic carbocycles. The first-order valence-electron chi connectivity index (χ1n) is 6.55. The van der Waals surface area contributed by atoms with Crippen molar-refractivity contribution in [3.8, 4) is 6.07 Å². The average molecular weight is 331 g/mol. The van der Waals surface area contributed by atoms with Crippen LogP contribution in [0.4, 0.5) is 20.6 Å². The Morgan fingerprint density at radius 3 is 2.39 bits per heavy atom. The summed E-state index contributed by atoms with van der Waals surface area (Å²) in [7, 11) is -4.14. The highest BCUT2D eigenvalue weighted by Gasteiger charge is 2.42. The van der Waals surface area contributed by atoms with Crippen LogP contribution in [0.3, 0.4) is 0 Å². The Balaban J connectivity index is 2.24. The quantitative estimate of drug-likeness (QED) is 0.792. The van der Waals surface area contributed by atoms with Crippen LogP contribution in [0.2, 0.25) is 0 Å². The van der Waals surface area contributed by atoms with Crippen molar-refractivity contribution in [2.45, 2.75) is 4.90 Å². The summed E-state index contributed by atoms with van der Waals surface area (Å²) in [5.74, 6) is -0.551. The fraction of sp³-hybridized carbons (Fsp3) is 0.0667. The Bertz CT molecular complexity index is 920. The number of halogens is 1. The molecule has 0 saturated heterocycles. The lowest BCUT2D eigenvalue weighted by molar-refractivity contribution is 0.254. The van der Waals surface area contributed by atoms with Crippen LogP contribution < -0.4 is 9.21 Å². The van der Waals surface area contributed by atoms with Gasteiger partial charge < -0.3 is 0 Å². The third kappa shape index (κ3) is 2.31. The number of anilines is 2. The molecule has 1 aliphatic heterocycles. The van der Waals surface area contributed by atoms with Gasteiger partial charge in [-0.05, 0) is 36.4 Å². The van der Waals surface area contributed by atoms with E-state index in [2.05, 4.69) is 0 Å². The van der Waals surface area contributed by atoms with Gasteiger partial charge in [0, 0.05) is 0 Å². The number of nitrogens with zero attached hydrogens (tertiary/aromatic N) is 3. The molecule has 1 aliphatic rings. The summed E-state index contributed by atoms with van der Waals surface area (Å²) >= 11 is 0. The van der Waals surface area contributed by atoms with Crippen molar-refractivity contribution < 1.29 is 17.6 Å². The van der Waals surface area contributed by atoms with E-state index in [0.29, 0.717) is 4.31 Å². The first-order valence-corrected chi connectivity index (χ1v) is 7.99. The van der Waals surface area contributed by atoms with Gasteiger partial charge in [0.25, 0.3) is 10.0 Å². The molecule has 0 radical (unpaired) electrons. The number of carbonyl (C=O) groups is 1. The summed E-state index contributed by atoms with van der Waals surface area (Å²) in [6, 6.07) is 11.4. The molecule has 0 aromatic heterocycles. The number of amides is 2. The first-order chi connectivity index (χ1) is 11.0. The molecule has 116 valence electrons. The molecule has 0 N–H and O–H groups in total. The summed E-state index contributed by atoms with van der Waals surface area (Å²) < 4.78 is 39.2. The Hall–Kier alpha value is -2.92. The van der Waals surface area contributed by atoms with E-state index in [1.165, 1.54) is 30.3 Å². The predicted molar refractivity (Wildman–Crippen MR) is 80.9 cm³/mol. The molecule has 6 nitrogen and oxygen atoms in total.